The first kappa shape index (κ1) is 16.8. The number of aromatic nitrogens is 1. The fraction of sp³-hybridized carbons (Fsp3) is 0.238. The van der Waals surface area contributed by atoms with Crippen LogP contribution in [0.5, 0.6) is 0 Å². The van der Waals surface area contributed by atoms with Gasteiger partial charge in [-0.3, -0.25) is 9.78 Å². The smallest absolute Gasteiger partial charge is 0.199 e. The first-order chi connectivity index (χ1) is 12.6. The first-order valence-corrected chi connectivity index (χ1v) is 8.75. The third-order valence-corrected chi connectivity index (χ3v) is 4.93. The Balaban J connectivity index is 1.76. The van der Waals surface area contributed by atoms with Crippen molar-refractivity contribution >= 4 is 16.6 Å². The van der Waals surface area contributed by atoms with Crippen molar-refractivity contribution in [3.63, 3.8) is 0 Å². The summed E-state index contributed by atoms with van der Waals surface area (Å²) >= 11 is 0. The van der Waals surface area contributed by atoms with Gasteiger partial charge in [0, 0.05) is 29.4 Å². The summed E-state index contributed by atoms with van der Waals surface area (Å²) in [6.07, 6.45) is 6.10. The number of nitrogens with one attached hydrogen (secondary N) is 1. The third-order valence-electron chi connectivity index (χ3n) is 4.93. The average molecular weight is 352 g/mol. The quantitative estimate of drug-likeness (QED) is 0.703. The molecule has 0 spiro atoms. The SMILES string of the molecule is O=C(c1c(F)cc(C2CCCCN2)cc1F)c1cccc2cnccc12. The number of halogens is 2. The standard InChI is InChI=1S/C21H18F2N2O/c22-17-10-14(19-6-1-2-8-25-19)11-18(23)20(17)21(26)16-5-3-4-13-12-24-9-7-15(13)16/h3-5,7,9-12,19,25H,1-2,6,8H2. The van der Waals surface area contributed by atoms with Crippen LogP contribution in [0.4, 0.5) is 8.78 Å². The second kappa shape index (κ2) is 6.92. The van der Waals surface area contributed by atoms with Gasteiger partial charge in [0.05, 0.1) is 5.56 Å². The summed E-state index contributed by atoms with van der Waals surface area (Å²) in [5, 5.41) is 4.65. The molecule has 1 unspecified atom stereocenters. The lowest BCUT2D eigenvalue weighted by atomic mass is 9.93. The molecule has 1 aliphatic rings. The van der Waals surface area contributed by atoms with Crippen molar-refractivity contribution in [2.45, 2.75) is 25.3 Å². The highest BCUT2D eigenvalue weighted by Crippen LogP contribution is 2.28. The minimum Gasteiger partial charge on any atom is -0.310 e. The van der Waals surface area contributed by atoms with Crippen molar-refractivity contribution in [3.05, 3.63) is 77.1 Å². The van der Waals surface area contributed by atoms with E-state index in [0.29, 0.717) is 10.9 Å². The van der Waals surface area contributed by atoms with Gasteiger partial charge in [0.1, 0.15) is 11.6 Å². The van der Waals surface area contributed by atoms with E-state index in [4.69, 9.17) is 0 Å². The Bertz CT molecular complexity index is 952. The predicted molar refractivity (Wildman–Crippen MR) is 96.1 cm³/mol. The van der Waals surface area contributed by atoms with Crippen LogP contribution >= 0.6 is 0 Å². The highest BCUT2D eigenvalue weighted by molar-refractivity contribution is 6.16. The van der Waals surface area contributed by atoms with Crippen molar-refractivity contribution in [1.82, 2.24) is 10.3 Å². The van der Waals surface area contributed by atoms with Crippen molar-refractivity contribution in [2.24, 2.45) is 0 Å². The summed E-state index contributed by atoms with van der Waals surface area (Å²) in [5.41, 5.74) is 0.318. The van der Waals surface area contributed by atoms with Crippen LogP contribution in [-0.4, -0.2) is 17.3 Å². The van der Waals surface area contributed by atoms with Crippen LogP contribution in [0.1, 0.15) is 46.8 Å². The Hall–Kier alpha value is -2.66. The Labute approximate surface area is 150 Å². The molecule has 1 fully saturated rings. The zero-order valence-electron chi connectivity index (χ0n) is 14.1. The number of carbonyl (C=O) groups excluding carboxylic acids is 1. The number of ketones is 1. The van der Waals surface area contributed by atoms with E-state index < -0.39 is 23.0 Å². The Morgan fingerprint density at radius 1 is 1.12 bits per heavy atom. The molecule has 0 bridgehead atoms. The number of nitrogens with zero attached hydrogens (tertiary/aromatic N) is 1. The summed E-state index contributed by atoms with van der Waals surface area (Å²) < 4.78 is 29.4. The molecule has 1 atom stereocenters. The van der Waals surface area contributed by atoms with Crippen LogP contribution in [0, 0.1) is 11.6 Å². The highest BCUT2D eigenvalue weighted by Gasteiger charge is 2.24. The molecule has 1 aromatic heterocycles. The molecule has 132 valence electrons. The normalized spacial score (nSPS) is 17.4. The van der Waals surface area contributed by atoms with Gasteiger partial charge in [0.15, 0.2) is 5.78 Å². The van der Waals surface area contributed by atoms with Crippen LogP contribution in [-0.2, 0) is 0 Å². The molecular weight excluding hydrogens is 334 g/mol. The lowest BCUT2D eigenvalue weighted by Crippen LogP contribution is -2.27. The van der Waals surface area contributed by atoms with Gasteiger partial charge < -0.3 is 5.32 Å². The minimum absolute atomic E-state index is 0.0690. The first-order valence-electron chi connectivity index (χ1n) is 8.75. The number of piperidine rings is 1. The Kier molecular flexibility index (Phi) is 4.47. The van der Waals surface area contributed by atoms with Crippen LogP contribution in [0.2, 0.25) is 0 Å². The molecule has 1 aliphatic heterocycles. The fourth-order valence-corrected chi connectivity index (χ4v) is 3.60. The molecule has 0 radical (unpaired) electrons. The molecule has 2 heterocycles. The maximum absolute atomic E-state index is 14.7. The number of benzene rings is 2. The van der Waals surface area contributed by atoms with Crippen LogP contribution < -0.4 is 5.32 Å². The lowest BCUT2D eigenvalue weighted by Gasteiger charge is -2.24. The summed E-state index contributed by atoms with van der Waals surface area (Å²) in [7, 11) is 0. The summed E-state index contributed by atoms with van der Waals surface area (Å²) in [6.45, 7) is 0.832. The van der Waals surface area contributed by atoms with Crippen molar-refractivity contribution in [2.75, 3.05) is 6.54 Å². The topological polar surface area (TPSA) is 42.0 Å². The van der Waals surface area contributed by atoms with Gasteiger partial charge in [0.25, 0.3) is 0 Å². The van der Waals surface area contributed by atoms with E-state index in [1.165, 1.54) is 12.1 Å². The van der Waals surface area contributed by atoms with E-state index >= 15 is 0 Å². The van der Waals surface area contributed by atoms with Gasteiger partial charge in [-0.1, -0.05) is 24.6 Å². The van der Waals surface area contributed by atoms with Crippen LogP contribution in [0.3, 0.4) is 0 Å². The number of rotatable bonds is 3. The summed E-state index contributed by atoms with van der Waals surface area (Å²) in [5.74, 6) is -2.29. The Morgan fingerprint density at radius 3 is 2.65 bits per heavy atom. The highest BCUT2D eigenvalue weighted by atomic mass is 19.1. The van der Waals surface area contributed by atoms with E-state index in [0.717, 1.165) is 31.2 Å². The maximum Gasteiger partial charge on any atom is 0.199 e. The zero-order chi connectivity index (χ0) is 18.1. The van der Waals surface area contributed by atoms with Crippen molar-refractivity contribution in [3.8, 4) is 0 Å². The molecular formula is C21H18F2N2O. The molecule has 3 aromatic rings. The molecule has 4 rings (SSSR count). The van der Waals surface area contributed by atoms with E-state index in [9.17, 15) is 13.6 Å². The van der Waals surface area contributed by atoms with E-state index in [1.54, 1.807) is 30.6 Å². The maximum atomic E-state index is 14.7. The van der Waals surface area contributed by atoms with E-state index in [2.05, 4.69) is 10.3 Å². The minimum atomic E-state index is -0.816. The van der Waals surface area contributed by atoms with Crippen molar-refractivity contribution < 1.29 is 13.6 Å². The number of hydrogen-bond acceptors (Lipinski definition) is 3. The summed E-state index contributed by atoms with van der Waals surface area (Å²) in [4.78, 5) is 16.9. The lowest BCUT2D eigenvalue weighted by molar-refractivity contribution is 0.103. The number of carbonyl (C=O) groups is 1. The monoisotopic (exact) mass is 352 g/mol. The van der Waals surface area contributed by atoms with Crippen LogP contribution in [0.15, 0.2) is 48.8 Å². The second-order valence-corrected chi connectivity index (χ2v) is 6.59. The molecule has 26 heavy (non-hydrogen) atoms. The van der Waals surface area contributed by atoms with Gasteiger partial charge >= 0.3 is 0 Å². The Morgan fingerprint density at radius 2 is 1.92 bits per heavy atom. The van der Waals surface area contributed by atoms with Gasteiger partial charge in [0.2, 0.25) is 0 Å². The molecule has 0 saturated carbocycles. The van der Waals surface area contributed by atoms with Crippen LogP contribution in [0.25, 0.3) is 10.8 Å². The molecule has 5 heteroatoms. The molecule has 0 amide bonds. The average Bonchev–Trinajstić information content (AvgIpc) is 2.67. The fourth-order valence-electron chi connectivity index (χ4n) is 3.60. The van der Waals surface area contributed by atoms with E-state index in [-0.39, 0.29) is 11.6 Å². The largest absolute Gasteiger partial charge is 0.310 e. The van der Waals surface area contributed by atoms with E-state index in [1.807, 2.05) is 6.07 Å². The van der Waals surface area contributed by atoms with Gasteiger partial charge in [-0.05, 0) is 48.5 Å². The number of hydrogen-bond donors (Lipinski definition) is 1. The number of fused-ring (bicyclic) bond motifs is 1. The molecule has 1 N–H and O–H groups in total. The molecule has 2 aromatic carbocycles. The third kappa shape index (κ3) is 2.99. The second-order valence-electron chi connectivity index (χ2n) is 6.59. The molecule has 3 nitrogen and oxygen atoms in total. The molecule has 0 aliphatic carbocycles. The number of pyridine rings is 1. The predicted octanol–water partition coefficient (Wildman–Crippen LogP) is 4.56. The van der Waals surface area contributed by atoms with Crippen molar-refractivity contribution in [1.29, 1.82) is 0 Å². The summed E-state index contributed by atoms with van der Waals surface area (Å²) in [6, 6.07) is 9.26. The van der Waals surface area contributed by atoms with Gasteiger partial charge in [-0.2, -0.15) is 0 Å². The zero-order valence-corrected chi connectivity index (χ0v) is 14.1. The molecule has 1 saturated heterocycles. The van der Waals surface area contributed by atoms with Gasteiger partial charge in [-0.15, -0.1) is 0 Å². The van der Waals surface area contributed by atoms with Gasteiger partial charge in [-0.25, -0.2) is 8.78 Å².